The van der Waals surface area contributed by atoms with Gasteiger partial charge in [0, 0.05) is 29.7 Å². The highest BCUT2D eigenvalue weighted by Crippen LogP contribution is 2.39. The fourth-order valence-corrected chi connectivity index (χ4v) is 14.4. The second-order valence-corrected chi connectivity index (χ2v) is 27.9. The van der Waals surface area contributed by atoms with Gasteiger partial charge in [-0.1, -0.05) is 218 Å². The molecule has 0 aromatic heterocycles. The average molecular weight is 1540 g/mol. The highest BCUT2D eigenvalue weighted by molar-refractivity contribution is 6.03. The third-order valence-corrected chi connectivity index (χ3v) is 20.1. The van der Waals surface area contributed by atoms with Gasteiger partial charge in [0.2, 0.25) is 11.8 Å². The highest BCUT2D eigenvalue weighted by atomic mass is 17.2. The molecule has 9 aromatic rings. The van der Waals surface area contributed by atoms with Crippen molar-refractivity contribution in [3.05, 3.63) is 311 Å². The number of carbonyl (C=O) groups is 8. The number of nitrogens with zero attached hydrogens (tertiary/aromatic N) is 4. The number of carboxylic acids is 2. The Kier molecular flexibility index (Phi) is 32.6. The number of fused-ring (bicyclic) bond motifs is 5. The number of aliphatic carboxylic acids is 2. The molecule has 114 heavy (non-hydrogen) atoms. The second kappa shape index (κ2) is 44.1. The van der Waals surface area contributed by atoms with Crippen molar-refractivity contribution in [2.24, 2.45) is 5.10 Å². The van der Waals surface area contributed by atoms with Crippen molar-refractivity contribution < 1.29 is 72.6 Å². The van der Waals surface area contributed by atoms with Crippen molar-refractivity contribution >= 4 is 77.0 Å². The lowest BCUT2D eigenvalue weighted by Gasteiger charge is -2.38. The predicted octanol–water partition coefficient (Wildman–Crippen LogP) is 14.3. The average Bonchev–Trinajstić information content (AvgIpc) is 1.67. The van der Waals surface area contributed by atoms with E-state index >= 15 is 0 Å². The number of carboxylic acid groups (broad SMARTS) is 2. The van der Waals surface area contributed by atoms with Gasteiger partial charge in [-0.2, -0.15) is 5.10 Å². The van der Waals surface area contributed by atoms with Crippen LogP contribution in [0, 0.1) is 0 Å². The van der Waals surface area contributed by atoms with E-state index in [4.69, 9.17) is 14.2 Å². The number of para-hydroxylation sites is 3. The van der Waals surface area contributed by atoms with Gasteiger partial charge in [0.1, 0.15) is 31.3 Å². The zero-order valence-electron chi connectivity index (χ0n) is 64.4. The first-order valence-electron chi connectivity index (χ1n) is 38.7. The first kappa shape index (κ1) is 84.2. The van der Waals surface area contributed by atoms with E-state index in [2.05, 4.69) is 104 Å². The molecule has 592 valence electrons. The molecule has 0 saturated carbocycles. The zero-order valence-corrected chi connectivity index (χ0v) is 64.4. The molecule has 5 aliphatic heterocycles. The van der Waals surface area contributed by atoms with Gasteiger partial charge in [0.15, 0.2) is 0 Å². The van der Waals surface area contributed by atoms with Crippen LogP contribution in [0.25, 0.3) is 6.08 Å². The van der Waals surface area contributed by atoms with Crippen LogP contribution in [0.15, 0.2) is 266 Å². The van der Waals surface area contributed by atoms with E-state index in [9.17, 15) is 48.6 Å². The number of nitrogens with one attached hydrogen (secondary N) is 3. The minimum Gasteiger partial charge on any atom is -0.480 e. The van der Waals surface area contributed by atoms with Crippen molar-refractivity contribution in [2.45, 2.75) is 139 Å². The van der Waals surface area contributed by atoms with Gasteiger partial charge in [0.25, 0.3) is 0 Å². The highest BCUT2D eigenvalue weighted by Gasteiger charge is 2.41. The van der Waals surface area contributed by atoms with Crippen LogP contribution < -0.4 is 25.9 Å². The molecule has 22 heteroatoms. The summed E-state index contributed by atoms with van der Waals surface area (Å²) in [5.41, 5.74) is 13.5. The third kappa shape index (κ3) is 25.1. The van der Waals surface area contributed by atoms with Crippen LogP contribution in [0.1, 0.15) is 131 Å². The number of amides is 2. The van der Waals surface area contributed by atoms with Crippen LogP contribution in [0.3, 0.4) is 0 Å². The van der Waals surface area contributed by atoms with Gasteiger partial charge >= 0.3 is 35.8 Å². The fraction of sp³-hybridized carbons (Fsp3) is 0.293. The first-order chi connectivity index (χ1) is 55.5. The number of hydrazone groups is 1. The van der Waals surface area contributed by atoms with E-state index in [1.165, 1.54) is 52.2 Å². The monoisotopic (exact) mass is 1540 g/mol. The Labute approximate surface area is 665 Å². The molecule has 22 nitrogen and oxygen atoms in total. The van der Waals surface area contributed by atoms with Gasteiger partial charge in [-0.25, -0.2) is 19.4 Å². The Morgan fingerprint density at radius 3 is 1.30 bits per heavy atom. The number of hydrogen-bond acceptors (Lipinski definition) is 18. The number of hydrogen-bond donors (Lipinski definition) is 5. The standard InChI is InChI=1S/2C24H28N2O5.C21H25NO.C14H10O4.C9H8N2/c2*1-2-31-24(30)20(14-12-17-8-4-3-5-9-17)25-19-15-13-18-10-6-7-11-21(18)26(23(19)29)16-22(27)28;1-22-18-12-13-19(22)15-20(14-18)23-21(16-8-4-2-5-9-16)17-10-6-3-7-11-17;15-13(11-7-3-1-4-8-11)17-18-14(16)12-9-5-2-6-10-12;1-2-6-9-8(4-1)5-3-7-10-11-9/h2*3-11,19-20,25H,2,12-16H2,1H3,(H,27,28);2-11,18-21H,12-15H2,1H3;1-10H;1-7,11H/t2*19-,20-;18-,19+,20+;;/m00.../s1. The Bertz CT molecular complexity index is 4380. The molecule has 5 heterocycles. The molecule has 0 radical (unpaired) electrons. The molecule has 2 fully saturated rings. The molecule has 0 aliphatic carbocycles. The molecule has 2 saturated heterocycles. The molecular formula is C92H99N7O15. The molecular weight excluding hydrogens is 1440 g/mol. The second-order valence-electron chi connectivity index (χ2n) is 27.9. The van der Waals surface area contributed by atoms with Gasteiger partial charge in [-0.15, -0.1) is 0 Å². The summed E-state index contributed by atoms with van der Waals surface area (Å²) in [7, 11) is 2.28. The maximum Gasteiger partial charge on any atom is 0.386 e. The summed E-state index contributed by atoms with van der Waals surface area (Å²) in [4.78, 5) is 112. The number of ether oxygens (including phenoxy) is 3. The number of rotatable bonds is 24. The number of allylic oxidation sites excluding steroid dienone is 1. The Morgan fingerprint density at radius 2 is 0.877 bits per heavy atom. The summed E-state index contributed by atoms with van der Waals surface area (Å²) in [6, 6.07) is 78.9. The van der Waals surface area contributed by atoms with Crippen LogP contribution in [0.2, 0.25) is 0 Å². The smallest absolute Gasteiger partial charge is 0.386 e. The summed E-state index contributed by atoms with van der Waals surface area (Å²) >= 11 is 0. The van der Waals surface area contributed by atoms with Gasteiger partial charge < -0.3 is 29.3 Å². The minimum absolute atomic E-state index is 0.0465. The van der Waals surface area contributed by atoms with Crippen LogP contribution in [0.4, 0.5) is 17.1 Å². The lowest BCUT2D eigenvalue weighted by molar-refractivity contribution is -0.187. The molecule has 14 rings (SSSR count). The maximum absolute atomic E-state index is 13.3. The van der Waals surface area contributed by atoms with Gasteiger partial charge in [0.05, 0.1) is 48.2 Å². The molecule has 7 atom stereocenters. The number of benzene rings is 9. The van der Waals surface area contributed by atoms with Crippen molar-refractivity contribution in [3.8, 4) is 0 Å². The molecule has 0 spiro atoms. The van der Waals surface area contributed by atoms with E-state index in [1.54, 1.807) is 105 Å². The normalized spacial score (nSPS) is 17.5. The van der Waals surface area contributed by atoms with Crippen molar-refractivity contribution in [1.29, 1.82) is 0 Å². The number of anilines is 3. The quantitative estimate of drug-likeness (QED) is 0.0213. The van der Waals surface area contributed by atoms with E-state index < -0.39 is 73.1 Å². The van der Waals surface area contributed by atoms with Crippen molar-refractivity contribution in [2.75, 3.05) is 48.6 Å². The molecule has 5 N–H and O–H groups in total. The van der Waals surface area contributed by atoms with E-state index in [1.807, 2.05) is 121 Å². The maximum atomic E-state index is 13.3. The van der Waals surface area contributed by atoms with Crippen molar-refractivity contribution in [3.63, 3.8) is 0 Å². The van der Waals surface area contributed by atoms with Crippen LogP contribution >= 0.6 is 0 Å². The number of piperidine rings is 1. The molecule has 5 aliphatic rings. The van der Waals surface area contributed by atoms with Crippen LogP contribution in [-0.4, -0.2) is 145 Å². The number of carbonyl (C=O) groups excluding carboxylic acids is 6. The number of esters is 2. The Morgan fingerprint density at radius 1 is 0.491 bits per heavy atom. The third-order valence-electron chi connectivity index (χ3n) is 20.1. The molecule has 2 amide bonds. The van der Waals surface area contributed by atoms with Crippen molar-refractivity contribution in [1.82, 2.24) is 15.5 Å². The molecule has 0 unspecified atom stereocenters. The molecule has 2 bridgehead atoms. The van der Waals surface area contributed by atoms with Crippen LogP contribution in [0.5, 0.6) is 0 Å². The lowest BCUT2D eigenvalue weighted by atomic mass is 9.97. The zero-order chi connectivity index (χ0) is 80.4. The topological polar surface area (TPSA) is 281 Å². The predicted molar refractivity (Wildman–Crippen MR) is 438 cm³/mol. The largest absolute Gasteiger partial charge is 0.480 e. The summed E-state index contributed by atoms with van der Waals surface area (Å²) in [6.45, 7) is 3.13. The summed E-state index contributed by atoms with van der Waals surface area (Å²) in [5, 5.41) is 29.0. The van der Waals surface area contributed by atoms with Gasteiger partial charge in [-0.3, -0.25) is 54.6 Å². The first-order valence-corrected chi connectivity index (χ1v) is 38.7. The fourth-order valence-electron chi connectivity index (χ4n) is 14.4. The molecule has 9 aromatic carbocycles. The summed E-state index contributed by atoms with van der Waals surface area (Å²) in [6.07, 6.45) is 15.5. The summed E-state index contributed by atoms with van der Waals surface area (Å²) in [5.74, 6) is -5.09. The van der Waals surface area contributed by atoms with Gasteiger partial charge in [-0.05, 0) is 185 Å². The van der Waals surface area contributed by atoms with E-state index in [0.29, 0.717) is 92.1 Å². The van der Waals surface area contributed by atoms with E-state index in [-0.39, 0.29) is 31.1 Å². The Balaban J connectivity index is 0.000000156. The number of aryl methyl sites for hydroxylation is 4. The minimum atomic E-state index is -1.09. The lowest BCUT2D eigenvalue weighted by Crippen LogP contribution is -2.53. The van der Waals surface area contributed by atoms with Crippen LogP contribution in [-0.2, 0) is 78.4 Å². The van der Waals surface area contributed by atoms with E-state index in [0.717, 1.165) is 27.9 Å². The Hall–Kier alpha value is -12.2. The SMILES string of the molecule is C1=Cc2ccccc2NN=C1.CCOC(=O)[C@H](CCc1ccccc1)N[C@H]1CCc2ccccc2N(CC(=O)O)C1=O.CCOC(=O)[C@H](CCc1ccccc1)N[C@H]1CCc2ccccc2N(CC(=O)O)C1=O.CN1[C@@H]2CC[C@H]1C[C@@H](OC(c1ccccc1)c1ccccc1)C2.O=C(OOC(=O)c1ccccc1)c1ccccc1. The summed E-state index contributed by atoms with van der Waals surface area (Å²) < 4.78 is 17.1.